The Bertz CT molecular complexity index is 894. The lowest BCUT2D eigenvalue weighted by Gasteiger charge is -2.10. The van der Waals surface area contributed by atoms with Crippen LogP contribution in [0.4, 0.5) is 5.69 Å². The first kappa shape index (κ1) is 14.4. The monoisotopic (exact) mass is 292 g/mol. The number of aryl methyl sites for hydroxylation is 3. The number of fused-ring (bicyclic) bond motifs is 1. The molecular formula is C19H20N2O. The highest BCUT2D eigenvalue weighted by Gasteiger charge is 2.04. The fourth-order valence-electron chi connectivity index (χ4n) is 2.70. The molecule has 0 fully saturated rings. The molecule has 2 aromatic carbocycles. The van der Waals surface area contributed by atoms with E-state index in [4.69, 9.17) is 0 Å². The molecule has 112 valence electrons. The molecule has 2 N–H and O–H groups in total. The largest absolute Gasteiger partial charge is 0.381 e. The van der Waals surface area contributed by atoms with Crippen molar-refractivity contribution in [3.05, 3.63) is 75.1 Å². The summed E-state index contributed by atoms with van der Waals surface area (Å²) in [5, 5.41) is 4.42. The summed E-state index contributed by atoms with van der Waals surface area (Å²) < 4.78 is 0. The third-order valence-electron chi connectivity index (χ3n) is 3.93. The number of hydrogen-bond acceptors (Lipinski definition) is 2. The molecule has 0 unspecified atom stereocenters. The molecule has 0 aliphatic carbocycles. The van der Waals surface area contributed by atoms with E-state index in [0.29, 0.717) is 6.54 Å². The van der Waals surface area contributed by atoms with Crippen molar-refractivity contribution >= 4 is 16.6 Å². The standard InChI is InChI=1S/C19H20N2O/c1-12-4-6-17(14(3)8-12)20-11-16-10-15-9-13(2)5-7-18(15)21-19(16)22/h4-10,20H,11H2,1-3H3,(H,21,22). The van der Waals surface area contributed by atoms with Gasteiger partial charge in [0.05, 0.1) is 0 Å². The zero-order chi connectivity index (χ0) is 15.7. The van der Waals surface area contributed by atoms with E-state index >= 15 is 0 Å². The number of H-pyrrole nitrogens is 1. The van der Waals surface area contributed by atoms with Gasteiger partial charge in [0, 0.05) is 23.3 Å². The maximum absolute atomic E-state index is 12.2. The number of pyridine rings is 1. The number of aromatic amines is 1. The van der Waals surface area contributed by atoms with E-state index in [0.717, 1.165) is 22.2 Å². The zero-order valence-corrected chi connectivity index (χ0v) is 13.2. The molecular weight excluding hydrogens is 272 g/mol. The van der Waals surface area contributed by atoms with Crippen molar-refractivity contribution in [3.8, 4) is 0 Å². The van der Waals surface area contributed by atoms with Crippen LogP contribution in [0.3, 0.4) is 0 Å². The Morgan fingerprint density at radius 1 is 0.955 bits per heavy atom. The summed E-state index contributed by atoms with van der Waals surface area (Å²) in [6.45, 7) is 6.72. The average molecular weight is 292 g/mol. The summed E-state index contributed by atoms with van der Waals surface area (Å²) in [5.41, 5.74) is 6.27. The fourth-order valence-corrected chi connectivity index (χ4v) is 2.70. The SMILES string of the molecule is Cc1ccc(NCc2cc3cc(C)ccc3[nH]c2=O)c(C)c1. The Labute approximate surface area is 130 Å². The number of hydrogen-bond donors (Lipinski definition) is 2. The highest BCUT2D eigenvalue weighted by atomic mass is 16.1. The lowest BCUT2D eigenvalue weighted by Crippen LogP contribution is -2.16. The van der Waals surface area contributed by atoms with Crippen LogP contribution in [0, 0.1) is 20.8 Å². The van der Waals surface area contributed by atoms with Gasteiger partial charge in [-0.25, -0.2) is 0 Å². The second kappa shape index (κ2) is 5.68. The summed E-state index contributed by atoms with van der Waals surface area (Å²) in [5.74, 6) is 0. The van der Waals surface area contributed by atoms with E-state index in [9.17, 15) is 4.79 Å². The second-order valence-corrected chi connectivity index (χ2v) is 5.89. The molecule has 0 saturated heterocycles. The number of nitrogens with one attached hydrogen (secondary N) is 2. The van der Waals surface area contributed by atoms with Gasteiger partial charge in [-0.2, -0.15) is 0 Å². The average Bonchev–Trinajstić information content (AvgIpc) is 2.47. The summed E-state index contributed by atoms with van der Waals surface area (Å²) in [6.07, 6.45) is 0. The summed E-state index contributed by atoms with van der Waals surface area (Å²) in [4.78, 5) is 15.1. The number of aromatic nitrogens is 1. The second-order valence-electron chi connectivity index (χ2n) is 5.89. The van der Waals surface area contributed by atoms with Crippen LogP contribution in [-0.4, -0.2) is 4.98 Å². The third kappa shape index (κ3) is 2.89. The van der Waals surface area contributed by atoms with Crippen LogP contribution in [0.15, 0.2) is 47.3 Å². The van der Waals surface area contributed by atoms with Gasteiger partial charge in [0.1, 0.15) is 0 Å². The Hall–Kier alpha value is -2.55. The molecule has 22 heavy (non-hydrogen) atoms. The lowest BCUT2D eigenvalue weighted by atomic mass is 10.1. The Kier molecular flexibility index (Phi) is 3.72. The Balaban J connectivity index is 1.90. The number of rotatable bonds is 3. The van der Waals surface area contributed by atoms with E-state index in [1.165, 1.54) is 16.7 Å². The van der Waals surface area contributed by atoms with Crippen LogP contribution in [0.5, 0.6) is 0 Å². The van der Waals surface area contributed by atoms with E-state index in [1.54, 1.807) is 0 Å². The summed E-state index contributed by atoms with van der Waals surface area (Å²) in [7, 11) is 0. The van der Waals surface area contributed by atoms with E-state index in [1.807, 2.05) is 18.2 Å². The Morgan fingerprint density at radius 3 is 2.45 bits per heavy atom. The van der Waals surface area contributed by atoms with Crippen molar-refractivity contribution < 1.29 is 0 Å². The van der Waals surface area contributed by atoms with Crippen LogP contribution >= 0.6 is 0 Å². The predicted octanol–water partition coefficient (Wildman–Crippen LogP) is 4.07. The fraction of sp³-hybridized carbons (Fsp3) is 0.211. The predicted molar refractivity (Wildman–Crippen MR) is 92.5 cm³/mol. The lowest BCUT2D eigenvalue weighted by molar-refractivity contribution is 1.08. The molecule has 3 aromatic rings. The van der Waals surface area contributed by atoms with Crippen LogP contribution in [-0.2, 0) is 6.54 Å². The number of anilines is 1. The van der Waals surface area contributed by atoms with E-state index in [-0.39, 0.29) is 5.56 Å². The van der Waals surface area contributed by atoms with Crippen molar-refractivity contribution in [2.45, 2.75) is 27.3 Å². The minimum Gasteiger partial charge on any atom is -0.381 e. The van der Waals surface area contributed by atoms with Gasteiger partial charge in [-0.15, -0.1) is 0 Å². The molecule has 3 rings (SSSR count). The molecule has 0 atom stereocenters. The Morgan fingerprint density at radius 2 is 1.68 bits per heavy atom. The summed E-state index contributed by atoms with van der Waals surface area (Å²) >= 11 is 0. The summed E-state index contributed by atoms with van der Waals surface area (Å²) in [6, 6.07) is 14.3. The molecule has 0 bridgehead atoms. The topological polar surface area (TPSA) is 44.9 Å². The third-order valence-corrected chi connectivity index (χ3v) is 3.93. The van der Waals surface area contributed by atoms with Crippen LogP contribution in [0.2, 0.25) is 0 Å². The van der Waals surface area contributed by atoms with Gasteiger partial charge in [0.2, 0.25) is 0 Å². The molecule has 3 heteroatoms. The molecule has 0 amide bonds. The molecule has 0 aliphatic rings. The molecule has 1 heterocycles. The molecule has 0 aliphatic heterocycles. The van der Waals surface area contributed by atoms with Crippen molar-refractivity contribution in [1.29, 1.82) is 0 Å². The maximum atomic E-state index is 12.2. The molecule has 1 aromatic heterocycles. The number of benzene rings is 2. The smallest absolute Gasteiger partial charge is 0.253 e. The van der Waals surface area contributed by atoms with Gasteiger partial charge in [0.25, 0.3) is 5.56 Å². The van der Waals surface area contributed by atoms with Crippen LogP contribution in [0.25, 0.3) is 10.9 Å². The highest BCUT2D eigenvalue weighted by molar-refractivity contribution is 5.79. The van der Waals surface area contributed by atoms with Crippen molar-refractivity contribution in [2.24, 2.45) is 0 Å². The first-order valence-corrected chi connectivity index (χ1v) is 7.46. The van der Waals surface area contributed by atoms with Gasteiger partial charge >= 0.3 is 0 Å². The normalized spacial score (nSPS) is 10.9. The van der Waals surface area contributed by atoms with Gasteiger partial charge in [-0.3, -0.25) is 4.79 Å². The molecule has 3 nitrogen and oxygen atoms in total. The van der Waals surface area contributed by atoms with Crippen molar-refractivity contribution in [2.75, 3.05) is 5.32 Å². The van der Waals surface area contributed by atoms with Gasteiger partial charge in [-0.1, -0.05) is 29.3 Å². The molecule has 0 radical (unpaired) electrons. The first-order valence-electron chi connectivity index (χ1n) is 7.46. The van der Waals surface area contributed by atoms with E-state index < -0.39 is 0 Å². The van der Waals surface area contributed by atoms with Gasteiger partial charge in [0.15, 0.2) is 0 Å². The molecule has 0 spiro atoms. The zero-order valence-electron chi connectivity index (χ0n) is 13.2. The maximum Gasteiger partial charge on any atom is 0.253 e. The molecule has 0 saturated carbocycles. The van der Waals surface area contributed by atoms with Crippen LogP contribution < -0.4 is 10.9 Å². The van der Waals surface area contributed by atoms with E-state index in [2.05, 4.69) is 55.3 Å². The minimum atomic E-state index is -0.0337. The van der Waals surface area contributed by atoms with Gasteiger partial charge < -0.3 is 10.3 Å². The van der Waals surface area contributed by atoms with Crippen molar-refractivity contribution in [1.82, 2.24) is 4.98 Å². The van der Waals surface area contributed by atoms with Gasteiger partial charge in [-0.05, 0) is 56.0 Å². The quantitative estimate of drug-likeness (QED) is 0.764. The van der Waals surface area contributed by atoms with Crippen molar-refractivity contribution in [3.63, 3.8) is 0 Å². The highest BCUT2D eigenvalue weighted by Crippen LogP contribution is 2.18. The minimum absolute atomic E-state index is 0.0337. The first-order chi connectivity index (χ1) is 10.5. The van der Waals surface area contributed by atoms with Crippen LogP contribution in [0.1, 0.15) is 22.3 Å².